The average molecular weight is 271 g/mol. The predicted octanol–water partition coefficient (Wildman–Crippen LogP) is 1.37. The number of carbonyl (C=O) groups excluding carboxylic acids is 3. The summed E-state index contributed by atoms with van der Waals surface area (Å²) in [5, 5.41) is 0. The van der Waals surface area contributed by atoms with E-state index < -0.39 is 23.7 Å². The van der Waals surface area contributed by atoms with Gasteiger partial charge in [-0.2, -0.15) is 0 Å². The molecule has 2 unspecified atom stereocenters. The van der Waals surface area contributed by atoms with Crippen molar-refractivity contribution in [2.75, 3.05) is 13.7 Å². The van der Waals surface area contributed by atoms with Crippen LogP contribution in [0.5, 0.6) is 0 Å². The van der Waals surface area contributed by atoms with Crippen LogP contribution in [0.2, 0.25) is 0 Å². The quantitative estimate of drug-likeness (QED) is 0.673. The van der Waals surface area contributed by atoms with E-state index in [-0.39, 0.29) is 24.7 Å². The van der Waals surface area contributed by atoms with E-state index in [4.69, 9.17) is 9.47 Å². The van der Waals surface area contributed by atoms with Crippen molar-refractivity contribution in [3.8, 4) is 0 Å². The van der Waals surface area contributed by atoms with Crippen molar-refractivity contribution in [3.05, 3.63) is 0 Å². The Morgan fingerprint density at radius 2 is 1.89 bits per heavy atom. The van der Waals surface area contributed by atoms with Crippen LogP contribution in [0.25, 0.3) is 0 Å². The van der Waals surface area contributed by atoms with Crippen LogP contribution in [0.4, 0.5) is 4.79 Å². The summed E-state index contributed by atoms with van der Waals surface area (Å²) in [5.74, 6) is -0.884. The van der Waals surface area contributed by atoms with Crippen LogP contribution < -0.4 is 0 Å². The molecule has 1 fully saturated rings. The number of hydrogen-bond donors (Lipinski definition) is 0. The molecule has 1 aliphatic rings. The number of nitrogens with zero attached hydrogens (tertiary/aromatic N) is 1. The Morgan fingerprint density at radius 3 is 2.37 bits per heavy atom. The van der Waals surface area contributed by atoms with Gasteiger partial charge in [-0.3, -0.25) is 9.69 Å². The van der Waals surface area contributed by atoms with Crippen molar-refractivity contribution < 1.29 is 23.9 Å². The molecular weight excluding hydrogens is 250 g/mol. The van der Waals surface area contributed by atoms with E-state index in [0.717, 1.165) is 4.90 Å². The van der Waals surface area contributed by atoms with Gasteiger partial charge < -0.3 is 9.47 Å². The first-order chi connectivity index (χ1) is 8.65. The van der Waals surface area contributed by atoms with Gasteiger partial charge in [0.1, 0.15) is 11.6 Å². The van der Waals surface area contributed by atoms with Gasteiger partial charge in [-0.25, -0.2) is 9.59 Å². The number of amides is 1. The molecule has 0 aromatic heterocycles. The zero-order valence-electron chi connectivity index (χ0n) is 12.1. The lowest BCUT2D eigenvalue weighted by molar-refractivity contribution is -0.151. The van der Waals surface area contributed by atoms with Crippen molar-refractivity contribution in [1.82, 2.24) is 4.90 Å². The SMILES string of the molecule is COC(=O)C1C(C)CC(=O)CN1C(=O)OC(C)(C)C. The molecule has 0 aromatic carbocycles. The highest BCUT2D eigenvalue weighted by Gasteiger charge is 2.42. The molecule has 1 rings (SSSR count). The minimum atomic E-state index is -0.766. The summed E-state index contributed by atoms with van der Waals surface area (Å²) in [4.78, 5) is 36.6. The van der Waals surface area contributed by atoms with E-state index in [1.165, 1.54) is 7.11 Å². The lowest BCUT2D eigenvalue weighted by Gasteiger charge is -2.37. The molecule has 1 amide bonds. The molecule has 19 heavy (non-hydrogen) atoms. The summed E-state index contributed by atoms with van der Waals surface area (Å²) in [6.07, 6.45) is -0.401. The maximum absolute atomic E-state index is 12.1. The second-order valence-corrected chi connectivity index (χ2v) is 5.80. The van der Waals surface area contributed by atoms with Crippen LogP contribution in [0.3, 0.4) is 0 Å². The predicted molar refractivity (Wildman–Crippen MR) is 67.5 cm³/mol. The third-order valence-electron chi connectivity index (χ3n) is 2.84. The summed E-state index contributed by atoms with van der Waals surface area (Å²) in [7, 11) is 1.26. The molecule has 0 bridgehead atoms. The largest absolute Gasteiger partial charge is 0.467 e. The van der Waals surface area contributed by atoms with Gasteiger partial charge in [-0.1, -0.05) is 6.92 Å². The fourth-order valence-corrected chi connectivity index (χ4v) is 2.11. The standard InChI is InChI=1S/C13H21NO5/c1-8-6-9(15)7-14(10(8)11(16)18-5)12(17)19-13(2,3)4/h8,10H,6-7H2,1-5H3. The smallest absolute Gasteiger partial charge is 0.411 e. The molecule has 0 N–H and O–H groups in total. The van der Waals surface area contributed by atoms with Crippen LogP contribution in [0.15, 0.2) is 0 Å². The molecular formula is C13H21NO5. The normalized spacial score (nSPS) is 24.1. The number of Topliss-reactive ketones (excluding diaryl/α,β-unsaturated/α-hetero) is 1. The summed E-state index contributed by atoms with van der Waals surface area (Å²) < 4.78 is 9.93. The summed E-state index contributed by atoms with van der Waals surface area (Å²) in [6, 6.07) is -0.766. The fraction of sp³-hybridized carbons (Fsp3) is 0.769. The molecule has 0 aromatic rings. The summed E-state index contributed by atoms with van der Waals surface area (Å²) in [6.45, 7) is 6.82. The van der Waals surface area contributed by atoms with Crippen molar-refractivity contribution in [1.29, 1.82) is 0 Å². The third-order valence-corrected chi connectivity index (χ3v) is 2.84. The molecule has 2 atom stereocenters. The van der Waals surface area contributed by atoms with E-state index in [9.17, 15) is 14.4 Å². The van der Waals surface area contributed by atoms with Crippen LogP contribution in [0, 0.1) is 5.92 Å². The number of rotatable bonds is 1. The van der Waals surface area contributed by atoms with Crippen LogP contribution in [-0.4, -0.2) is 48.0 Å². The zero-order valence-corrected chi connectivity index (χ0v) is 12.1. The minimum Gasteiger partial charge on any atom is -0.467 e. The average Bonchev–Trinajstić information content (AvgIpc) is 2.24. The summed E-state index contributed by atoms with van der Waals surface area (Å²) >= 11 is 0. The molecule has 1 aliphatic heterocycles. The number of ketones is 1. The Bertz CT molecular complexity index is 385. The highest BCUT2D eigenvalue weighted by Crippen LogP contribution is 2.24. The van der Waals surface area contributed by atoms with Crippen LogP contribution in [0.1, 0.15) is 34.1 Å². The molecule has 0 radical (unpaired) electrons. The monoisotopic (exact) mass is 271 g/mol. The van der Waals surface area contributed by atoms with Gasteiger partial charge in [0.2, 0.25) is 0 Å². The second kappa shape index (κ2) is 5.59. The lowest BCUT2D eigenvalue weighted by Crippen LogP contribution is -2.56. The lowest BCUT2D eigenvalue weighted by atomic mass is 9.90. The highest BCUT2D eigenvalue weighted by atomic mass is 16.6. The minimum absolute atomic E-state index is 0.0847. The van der Waals surface area contributed by atoms with E-state index >= 15 is 0 Å². The van der Waals surface area contributed by atoms with E-state index in [2.05, 4.69) is 0 Å². The maximum atomic E-state index is 12.1. The molecule has 108 valence electrons. The van der Waals surface area contributed by atoms with E-state index in [1.54, 1.807) is 27.7 Å². The molecule has 0 saturated carbocycles. The Kier molecular flexibility index (Phi) is 4.55. The molecule has 0 aliphatic carbocycles. The number of methoxy groups -OCH3 is 1. The Hall–Kier alpha value is -1.59. The van der Waals surface area contributed by atoms with E-state index in [1.807, 2.05) is 0 Å². The van der Waals surface area contributed by atoms with Gasteiger partial charge in [0.15, 0.2) is 5.78 Å². The topological polar surface area (TPSA) is 72.9 Å². The van der Waals surface area contributed by atoms with Gasteiger partial charge >= 0.3 is 12.1 Å². The number of piperidine rings is 1. The Morgan fingerprint density at radius 1 is 1.32 bits per heavy atom. The highest BCUT2D eigenvalue weighted by molar-refractivity contribution is 5.91. The van der Waals surface area contributed by atoms with Crippen molar-refractivity contribution in [2.45, 2.75) is 45.8 Å². The number of esters is 1. The molecule has 1 saturated heterocycles. The first-order valence-corrected chi connectivity index (χ1v) is 6.25. The Labute approximate surface area is 113 Å². The number of likely N-dealkylation sites (tertiary alicyclic amines) is 1. The molecule has 0 spiro atoms. The zero-order chi connectivity index (χ0) is 14.8. The third kappa shape index (κ3) is 3.94. The molecule has 6 heteroatoms. The number of ether oxygens (including phenoxy) is 2. The first kappa shape index (κ1) is 15.5. The fourth-order valence-electron chi connectivity index (χ4n) is 2.11. The molecule has 1 heterocycles. The maximum Gasteiger partial charge on any atom is 0.411 e. The van der Waals surface area contributed by atoms with Gasteiger partial charge in [0.05, 0.1) is 13.7 Å². The van der Waals surface area contributed by atoms with Crippen LogP contribution in [-0.2, 0) is 19.1 Å². The molecule has 6 nitrogen and oxygen atoms in total. The van der Waals surface area contributed by atoms with Gasteiger partial charge in [0, 0.05) is 6.42 Å². The number of carbonyl (C=O) groups is 3. The van der Waals surface area contributed by atoms with Crippen molar-refractivity contribution in [3.63, 3.8) is 0 Å². The van der Waals surface area contributed by atoms with E-state index in [0.29, 0.717) is 0 Å². The Balaban J connectivity index is 2.94. The van der Waals surface area contributed by atoms with Gasteiger partial charge in [-0.05, 0) is 26.7 Å². The van der Waals surface area contributed by atoms with Crippen LogP contribution >= 0.6 is 0 Å². The van der Waals surface area contributed by atoms with Crippen molar-refractivity contribution in [2.24, 2.45) is 5.92 Å². The number of hydrogen-bond acceptors (Lipinski definition) is 5. The summed E-state index contributed by atoms with van der Waals surface area (Å²) in [5.41, 5.74) is -0.679. The second-order valence-electron chi connectivity index (χ2n) is 5.80. The first-order valence-electron chi connectivity index (χ1n) is 6.25. The van der Waals surface area contributed by atoms with Gasteiger partial charge in [-0.15, -0.1) is 0 Å². The van der Waals surface area contributed by atoms with Crippen molar-refractivity contribution >= 4 is 17.8 Å². The van der Waals surface area contributed by atoms with Gasteiger partial charge in [0.25, 0.3) is 0 Å².